The first-order valence-corrected chi connectivity index (χ1v) is 12.7. The number of tetrazole rings is 1. The Morgan fingerprint density at radius 2 is 1.82 bits per heavy atom. The van der Waals surface area contributed by atoms with Gasteiger partial charge in [0.05, 0.1) is 17.1 Å². The molecule has 1 unspecified atom stereocenters. The van der Waals surface area contributed by atoms with E-state index in [1.807, 2.05) is 4.68 Å². The molecule has 7 nitrogen and oxygen atoms in total. The second-order valence-corrected chi connectivity index (χ2v) is 11.4. The minimum absolute atomic E-state index is 0.00168. The molecular formula is C27H40N6O. The standard InChI is InChI=1S/C27H40N6O/c1-17(2)24(25-29-30-31-33(25)27(5,6)7)32(22-11-9-8-10-12-22)16-21-15-20-14-18(3)13-19(4)23(20)28-26(21)34/h13-15,17,22,24H,8-12,16H2,1-7H3,(H,28,34). The summed E-state index contributed by atoms with van der Waals surface area (Å²) in [5.41, 5.74) is 3.82. The monoisotopic (exact) mass is 464 g/mol. The minimum atomic E-state index is -0.223. The number of nitrogens with one attached hydrogen (secondary N) is 1. The van der Waals surface area contributed by atoms with Gasteiger partial charge in [0.25, 0.3) is 5.56 Å². The summed E-state index contributed by atoms with van der Waals surface area (Å²) < 4.78 is 1.96. The highest BCUT2D eigenvalue weighted by Crippen LogP contribution is 2.36. The van der Waals surface area contributed by atoms with Crippen molar-refractivity contribution >= 4 is 10.9 Å². The Morgan fingerprint density at radius 1 is 1.12 bits per heavy atom. The van der Waals surface area contributed by atoms with E-state index >= 15 is 0 Å². The molecule has 0 saturated heterocycles. The van der Waals surface area contributed by atoms with Crippen LogP contribution in [-0.2, 0) is 12.1 Å². The van der Waals surface area contributed by atoms with E-state index in [0.29, 0.717) is 12.6 Å². The molecule has 4 rings (SSSR count). The third-order valence-corrected chi connectivity index (χ3v) is 7.15. The van der Waals surface area contributed by atoms with Crippen LogP contribution in [0.4, 0.5) is 0 Å². The smallest absolute Gasteiger partial charge is 0.252 e. The maximum Gasteiger partial charge on any atom is 0.252 e. The molecule has 1 saturated carbocycles. The summed E-state index contributed by atoms with van der Waals surface area (Å²) in [5.74, 6) is 1.18. The van der Waals surface area contributed by atoms with Crippen LogP contribution in [-0.4, -0.2) is 36.1 Å². The molecule has 1 fully saturated rings. The van der Waals surface area contributed by atoms with E-state index in [4.69, 9.17) is 0 Å². The lowest BCUT2D eigenvalue weighted by atomic mass is 9.90. The summed E-state index contributed by atoms with van der Waals surface area (Å²) in [4.78, 5) is 19.0. The quantitative estimate of drug-likeness (QED) is 0.527. The van der Waals surface area contributed by atoms with Crippen molar-refractivity contribution in [2.24, 2.45) is 5.92 Å². The first-order valence-electron chi connectivity index (χ1n) is 12.7. The maximum atomic E-state index is 13.3. The number of benzene rings is 1. The molecule has 34 heavy (non-hydrogen) atoms. The topological polar surface area (TPSA) is 79.7 Å². The van der Waals surface area contributed by atoms with E-state index in [-0.39, 0.29) is 23.1 Å². The number of aromatic amines is 1. The van der Waals surface area contributed by atoms with Crippen molar-refractivity contribution in [2.75, 3.05) is 0 Å². The van der Waals surface area contributed by atoms with E-state index in [1.165, 1.54) is 24.8 Å². The van der Waals surface area contributed by atoms with Gasteiger partial charge >= 0.3 is 0 Å². The largest absolute Gasteiger partial charge is 0.321 e. The normalized spacial score (nSPS) is 16.6. The molecule has 1 aliphatic carbocycles. The number of H-pyrrole nitrogens is 1. The zero-order valence-electron chi connectivity index (χ0n) is 21.9. The molecular weight excluding hydrogens is 424 g/mol. The van der Waals surface area contributed by atoms with Crippen molar-refractivity contribution in [2.45, 2.75) is 105 Å². The highest BCUT2D eigenvalue weighted by molar-refractivity contribution is 5.82. The van der Waals surface area contributed by atoms with Gasteiger partial charge in [0.1, 0.15) is 0 Å². The lowest BCUT2D eigenvalue weighted by Crippen LogP contribution is -2.44. The second-order valence-electron chi connectivity index (χ2n) is 11.4. The van der Waals surface area contributed by atoms with Gasteiger partial charge in [0.2, 0.25) is 0 Å². The van der Waals surface area contributed by atoms with Crippen molar-refractivity contribution in [1.29, 1.82) is 0 Å². The van der Waals surface area contributed by atoms with E-state index in [9.17, 15) is 4.79 Å². The van der Waals surface area contributed by atoms with Gasteiger partial charge in [-0.05, 0) is 86.9 Å². The molecule has 0 aliphatic heterocycles. The van der Waals surface area contributed by atoms with Gasteiger partial charge in [-0.1, -0.05) is 44.7 Å². The van der Waals surface area contributed by atoms with Crippen LogP contribution >= 0.6 is 0 Å². The molecule has 0 spiro atoms. The first kappa shape index (κ1) is 24.6. The number of fused-ring (bicyclic) bond motifs is 1. The summed E-state index contributed by atoms with van der Waals surface area (Å²) in [7, 11) is 0. The summed E-state index contributed by atoms with van der Waals surface area (Å²) in [6.45, 7) is 15.6. The van der Waals surface area contributed by atoms with Gasteiger partial charge in [0, 0.05) is 18.2 Å². The van der Waals surface area contributed by atoms with Crippen LogP contribution in [0.2, 0.25) is 0 Å². The summed E-state index contributed by atoms with van der Waals surface area (Å²) >= 11 is 0. The molecule has 0 radical (unpaired) electrons. The Bertz CT molecular complexity index is 1200. The van der Waals surface area contributed by atoms with Gasteiger partial charge in [0.15, 0.2) is 5.82 Å². The number of hydrogen-bond acceptors (Lipinski definition) is 5. The van der Waals surface area contributed by atoms with E-state index < -0.39 is 0 Å². The molecule has 184 valence electrons. The van der Waals surface area contributed by atoms with Crippen LogP contribution in [0.25, 0.3) is 10.9 Å². The van der Waals surface area contributed by atoms with Crippen LogP contribution < -0.4 is 5.56 Å². The molecule has 7 heteroatoms. The van der Waals surface area contributed by atoms with Crippen molar-refractivity contribution in [1.82, 2.24) is 30.1 Å². The predicted octanol–water partition coefficient (Wildman–Crippen LogP) is 5.42. The van der Waals surface area contributed by atoms with Crippen LogP contribution in [0.3, 0.4) is 0 Å². The molecule has 0 bridgehead atoms. The Kier molecular flexibility index (Phi) is 6.94. The SMILES string of the molecule is Cc1cc(C)c2[nH]c(=O)c(CN(C3CCCCC3)C(c3nnnn3C(C)(C)C)C(C)C)cc2c1. The fourth-order valence-electron chi connectivity index (χ4n) is 5.60. The lowest BCUT2D eigenvalue weighted by molar-refractivity contribution is 0.0580. The number of rotatable bonds is 6. The third kappa shape index (κ3) is 4.95. The molecule has 1 N–H and O–H groups in total. The summed E-state index contributed by atoms with van der Waals surface area (Å²) in [6.07, 6.45) is 6.02. The van der Waals surface area contributed by atoms with Crippen LogP contribution in [0, 0.1) is 19.8 Å². The number of hydrogen-bond donors (Lipinski definition) is 1. The van der Waals surface area contributed by atoms with Crippen molar-refractivity contribution in [3.8, 4) is 0 Å². The van der Waals surface area contributed by atoms with E-state index in [0.717, 1.165) is 40.7 Å². The fourth-order valence-corrected chi connectivity index (χ4v) is 5.60. The Morgan fingerprint density at radius 3 is 2.47 bits per heavy atom. The van der Waals surface area contributed by atoms with Gasteiger partial charge in [-0.2, -0.15) is 0 Å². The van der Waals surface area contributed by atoms with Crippen LogP contribution in [0.15, 0.2) is 23.0 Å². The molecule has 3 aromatic rings. The molecule has 1 atom stereocenters. The molecule has 2 heterocycles. The van der Waals surface area contributed by atoms with Crippen molar-refractivity contribution < 1.29 is 0 Å². The third-order valence-electron chi connectivity index (χ3n) is 7.15. The molecule has 1 aliphatic rings. The van der Waals surface area contributed by atoms with Crippen LogP contribution in [0.1, 0.15) is 95.3 Å². The predicted molar refractivity (Wildman–Crippen MR) is 137 cm³/mol. The van der Waals surface area contributed by atoms with E-state index in [1.54, 1.807) is 0 Å². The Hall–Kier alpha value is -2.54. The van der Waals surface area contributed by atoms with Gasteiger partial charge in [-0.3, -0.25) is 9.69 Å². The lowest BCUT2D eigenvalue weighted by Gasteiger charge is -2.41. The average Bonchev–Trinajstić information content (AvgIpc) is 3.24. The zero-order chi connectivity index (χ0) is 24.6. The summed E-state index contributed by atoms with van der Waals surface area (Å²) in [5, 5.41) is 14.1. The Labute approximate surface area is 202 Å². The van der Waals surface area contributed by atoms with Crippen LogP contribution in [0.5, 0.6) is 0 Å². The minimum Gasteiger partial charge on any atom is -0.321 e. The number of pyridine rings is 1. The second kappa shape index (κ2) is 9.61. The zero-order valence-corrected chi connectivity index (χ0v) is 21.9. The van der Waals surface area contributed by atoms with Gasteiger partial charge < -0.3 is 4.98 Å². The average molecular weight is 465 g/mol. The number of nitrogens with zero attached hydrogens (tertiary/aromatic N) is 5. The summed E-state index contributed by atoms with van der Waals surface area (Å²) in [6, 6.07) is 6.79. The molecule has 0 amide bonds. The van der Waals surface area contributed by atoms with Crippen molar-refractivity contribution in [3.05, 3.63) is 51.1 Å². The maximum absolute atomic E-state index is 13.3. The molecule has 2 aromatic heterocycles. The molecule has 1 aromatic carbocycles. The highest BCUT2D eigenvalue weighted by atomic mass is 16.1. The Balaban J connectivity index is 1.81. The van der Waals surface area contributed by atoms with E-state index in [2.05, 4.69) is 92.1 Å². The fraction of sp³-hybridized carbons (Fsp3) is 0.630. The first-order chi connectivity index (χ1) is 16.1. The number of aryl methyl sites for hydroxylation is 2. The van der Waals surface area contributed by atoms with Crippen molar-refractivity contribution in [3.63, 3.8) is 0 Å². The van der Waals surface area contributed by atoms with Gasteiger partial charge in [-0.15, -0.1) is 5.10 Å². The number of aromatic nitrogens is 5. The highest BCUT2D eigenvalue weighted by Gasteiger charge is 2.36. The van der Waals surface area contributed by atoms with Gasteiger partial charge in [-0.25, -0.2) is 4.68 Å².